The van der Waals surface area contributed by atoms with Crippen LogP contribution in [0.25, 0.3) is 0 Å². The van der Waals surface area contributed by atoms with E-state index in [0.29, 0.717) is 5.56 Å². The Morgan fingerprint density at radius 1 is 1.33 bits per heavy atom. The van der Waals surface area contributed by atoms with E-state index in [9.17, 15) is 13.2 Å². The molecular weight excluding hydrogens is 247 g/mol. The van der Waals surface area contributed by atoms with Crippen molar-refractivity contribution < 1.29 is 13.2 Å². The Balaban J connectivity index is 2.06. The van der Waals surface area contributed by atoms with Crippen LogP contribution in [0.3, 0.4) is 0 Å². The van der Waals surface area contributed by atoms with E-state index in [2.05, 4.69) is 20.5 Å². The van der Waals surface area contributed by atoms with Crippen LogP contribution in [0.1, 0.15) is 11.1 Å². The summed E-state index contributed by atoms with van der Waals surface area (Å²) in [6.07, 6.45) is -4.34. The summed E-state index contributed by atoms with van der Waals surface area (Å²) >= 11 is 0. The van der Waals surface area contributed by atoms with Crippen LogP contribution in [0.4, 0.5) is 25.1 Å². The number of hydrogen-bond acceptors (Lipinski definition) is 4. The molecule has 2 rings (SSSR count). The molecule has 0 saturated carbocycles. The van der Waals surface area contributed by atoms with Gasteiger partial charge < -0.3 is 11.1 Å². The number of anilines is 2. The average Bonchev–Trinajstić information content (AvgIpc) is 2.72. The maximum absolute atomic E-state index is 12.5. The molecule has 4 N–H and O–H groups in total. The Kier molecular flexibility index (Phi) is 3.09. The molecule has 18 heavy (non-hydrogen) atoms. The number of nitrogens with one attached hydrogen (secondary N) is 2. The number of aromatic nitrogens is 3. The van der Waals surface area contributed by atoms with Crippen molar-refractivity contribution in [2.45, 2.75) is 12.7 Å². The molecule has 0 amide bonds. The van der Waals surface area contributed by atoms with Gasteiger partial charge >= 0.3 is 6.18 Å². The number of rotatable bonds is 3. The summed E-state index contributed by atoms with van der Waals surface area (Å²) < 4.78 is 37.4. The van der Waals surface area contributed by atoms with Crippen molar-refractivity contribution in [2.24, 2.45) is 0 Å². The first-order valence-corrected chi connectivity index (χ1v) is 5.03. The molecule has 0 fully saturated rings. The van der Waals surface area contributed by atoms with Gasteiger partial charge in [0.2, 0.25) is 11.9 Å². The Hall–Kier alpha value is -2.25. The molecule has 0 atom stereocenters. The number of halogens is 3. The van der Waals surface area contributed by atoms with Gasteiger partial charge in [0.1, 0.15) is 0 Å². The molecule has 0 radical (unpaired) electrons. The highest BCUT2D eigenvalue weighted by Gasteiger charge is 2.30. The SMILES string of the molecule is Nc1nc(NCc2cccc(C(F)(F)F)c2)n[nH]1. The minimum absolute atomic E-state index is 0.140. The maximum atomic E-state index is 12.5. The Labute approximate surface area is 100 Å². The standard InChI is InChI=1S/C10H10F3N5/c11-10(12,13)7-3-1-2-6(4-7)5-15-9-16-8(14)17-18-9/h1-4H,5H2,(H4,14,15,16,17,18). The summed E-state index contributed by atoms with van der Waals surface area (Å²) in [5.74, 6) is 0.381. The predicted molar refractivity (Wildman–Crippen MR) is 59.6 cm³/mol. The van der Waals surface area contributed by atoms with Gasteiger partial charge in [-0.2, -0.15) is 18.2 Å². The fourth-order valence-corrected chi connectivity index (χ4v) is 1.39. The monoisotopic (exact) mass is 257 g/mol. The van der Waals surface area contributed by atoms with Crippen molar-refractivity contribution in [3.63, 3.8) is 0 Å². The van der Waals surface area contributed by atoms with Gasteiger partial charge in [-0.05, 0) is 17.7 Å². The highest BCUT2D eigenvalue weighted by atomic mass is 19.4. The molecule has 1 aromatic heterocycles. The largest absolute Gasteiger partial charge is 0.416 e. The molecular formula is C10H10F3N5. The summed E-state index contributed by atoms with van der Waals surface area (Å²) in [6.45, 7) is 0.182. The number of nitrogens with two attached hydrogens (primary N) is 1. The van der Waals surface area contributed by atoms with Gasteiger partial charge in [0.15, 0.2) is 0 Å². The van der Waals surface area contributed by atoms with E-state index >= 15 is 0 Å². The predicted octanol–water partition coefficient (Wildman–Crippen LogP) is 2.02. The average molecular weight is 257 g/mol. The highest BCUT2D eigenvalue weighted by Crippen LogP contribution is 2.29. The molecule has 0 aliphatic rings. The van der Waals surface area contributed by atoms with Crippen LogP contribution >= 0.6 is 0 Å². The van der Waals surface area contributed by atoms with Crippen LogP contribution in [0.15, 0.2) is 24.3 Å². The molecule has 0 aliphatic heterocycles. The second-order valence-electron chi connectivity index (χ2n) is 3.60. The van der Waals surface area contributed by atoms with Crippen molar-refractivity contribution in [2.75, 3.05) is 11.1 Å². The molecule has 0 spiro atoms. The second kappa shape index (κ2) is 4.55. The first kappa shape index (κ1) is 12.2. The van der Waals surface area contributed by atoms with E-state index in [4.69, 9.17) is 5.73 Å². The molecule has 8 heteroatoms. The third kappa shape index (κ3) is 2.90. The molecule has 0 bridgehead atoms. The Bertz CT molecular complexity index is 534. The normalized spacial score (nSPS) is 11.5. The van der Waals surface area contributed by atoms with Gasteiger partial charge in [-0.25, -0.2) is 5.10 Å². The van der Waals surface area contributed by atoms with E-state index in [1.807, 2.05) is 0 Å². The summed E-state index contributed by atoms with van der Waals surface area (Å²) in [5.41, 5.74) is 5.11. The Morgan fingerprint density at radius 2 is 2.11 bits per heavy atom. The van der Waals surface area contributed by atoms with Crippen LogP contribution in [0.2, 0.25) is 0 Å². The minimum Gasteiger partial charge on any atom is -0.368 e. The summed E-state index contributed by atoms with van der Waals surface area (Å²) in [7, 11) is 0. The lowest BCUT2D eigenvalue weighted by Gasteiger charge is -2.08. The van der Waals surface area contributed by atoms with Crippen LogP contribution in [-0.4, -0.2) is 15.2 Å². The molecule has 0 unspecified atom stereocenters. The molecule has 0 aliphatic carbocycles. The third-order valence-electron chi connectivity index (χ3n) is 2.21. The fraction of sp³-hybridized carbons (Fsp3) is 0.200. The molecule has 5 nitrogen and oxygen atoms in total. The maximum Gasteiger partial charge on any atom is 0.416 e. The van der Waals surface area contributed by atoms with E-state index in [-0.39, 0.29) is 18.4 Å². The number of nitrogen functional groups attached to an aromatic ring is 1. The summed E-state index contributed by atoms with van der Waals surface area (Å²) in [4.78, 5) is 3.77. The lowest BCUT2D eigenvalue weighted by molar-refractivity contribution is -0.137. The van der Waals surface area contributed by atoms with E-state index in [1.165, 1.54) is 6.07 Å². The van der Waals surface area contributed by atoms with Crippen molar-refractivity contribution in [1.29, 1.82) is 0 Å². The zero-order valence-corrected chi connectivity index (χ0v) is 9.12. The van der Waals surface area contributed by atoms with Crippen molar-refractivity contribution in [3.05, 3.63) is 35.4 Å². The number of benzene rings is 1. The molecule has 2 aromatic rings. The zero-order valence-electron chi connectivity index (χ0n) is 9.12. The van der Waals surface area contributed by atoms with Crippen LogP contribution in [0.5, 0.6) is 0 Å². The van der Waals surface area contributed by atoms with Crippen LogP contribution in [-0.2, 0) is 12.7 Å². The quantitative estimate of drug-likeness (QED) is 0.785. The van der Waals surface area contributed by atoms with Crippen molar-refractivity contribution in [1.82, 2.24) is 15.2 Å². The van der Waals surface area contributed by atoms with E-state index < -0.39 is 11.7 Å². The van der Waals surface area contributed by atoms with Gasteiger partial charge in [-0.3, -0.25) is 0 Å². The first-order chi connectivity index (χ1) is 8.45. The minimum atomic E-state index is -4.34. The molecule has 96 valence electrons. The highest BCUT2D eigenvalue weighted by molar-refractivity contribution is 5.33. The van der Waals surface area contributed by atoms with E-state index in [0.717, 1.165) is 12.1 Å². The summed E-state index contributed by atoms with van der Waals surface area (Å²) in [5, 5.41) is 8.88. The van der Waals surface area contributed by atoms with E-state index in [1.54, 1.807) is 6.07 Å². The number of H-pyrrole nitrogens is 1. The van der Waals surface area contributed by atoms with Gasteiger partial charge in [0.05, 0.1) is 5.56 Å². The van der Waals surface area contributed by atoms with Gasteiger partial charge in [-0.1, -0.05) is 12.1 Å². The topological polar surface area (TPSA) is 79.6 Å². The zero-order chi connectivity index (χ0) is 13.2. The van der Waals surface area contributed by atoms with Gasteiger partial charge in [0, 0.05) is 6.54 Å². The molecule has 1 aromatic carbocycles. The van der Waals surface area contributed by atoms with Gasteiger partial charge in [-0.15, -0.1) is 5.10 Å². The third-order valence-corrected chi connectivity index (χ3v) is 2.21. The number of alkyl halides is 3. The lowest BCUT2D eigenvalue weighted by Crippen LogP contribution is -2.07. The number of aromatic amines is 1. The fourth-order valence-electron chi connectivity index (χ4n) is 1.39. The van der Waals surface area contributed by atoms with Crippen molar-refractivity contribution in [3.8, 4) is 0 Å². The molecule has 1 heterocycles. The first-order valence-electron chi connectivity index (χ1n) is 5.03. The lowest BCUT2D eigenvalue weighted by atomic mass is 10.1. The van der Waals surface area contributed by atoms with Gasteiger partial charge in [0.25, 0.3) is 0 Å². The molecule has 0 saturated heterocycles. The van der Waals surface area contributed by atoms with Crippen LogP contribution in [0, 0.1) is 0 Å². The van der Waals surface area contributed by atoms with Crippen LogP contribution < -0.4 is 11.1 Å². The smallest absolute Gasteiger partial charge is 0.368 e. The van der Waals surface area contributed by atoms with Crippen molar-refractivity contribution >= 4 is 11.9 Å². The summed E-state index contributed by atoms with van der Waals surface area (Å²) in [6, 6.07) is 5.03. The second-order valence-corrected chi connectivity index (χ2v) is 3.60. The Morgan fingerprint density at radius 3 is 2.72 bits per heavy atom. The number of nitrogens with zero attached hydrogens (tertiary/aromatic N) is 2. The number of hydrogen-bond donors (Lipinski definition) is 3.